The van der Waals surface area contributed by atoms with E-state index in [2.05, 4.69) is 17.0 Å². The van der Waals surface area contributed by atoms with Crippen LogP contribution in [0.25, 0.3) is 11.3 Å². The molecule has 0 aliphatic heterocycles. The van der Waals surface area contributed by atoms with Gasteiger partial charge in [0, 0.05) is 25.7 Å². The molecule has 0 unspecified atom stereocenters. The van der Waals surface area contributed by atoms with Crippen LogP contribution in [0.1, 0.15) is 63.3 Å². The second-order valence-electron chi connectivity index (χ2n) is 8.90. The van der Waals surface area contributed by atoms with E-state index in [1.165, 1.54) is 32.1 Å². The van der Waals surface area contributed by atoms with Gasteiger partial charge >= 0.3 is 6.09 Å². The Morgan fingerprint density at radius 3 is 2.65 bits per heavy atom. The molecule has 0 saturated heterocycles. The highest BCUT2D eigenvalue weighted by atomic mass is 16.6. The number of carbonyl (C=O) groups is 1. The van der Waals surface area contributed by atoms with Crippen LogP contribution in [0.3, 0.4) is 0 Å². The quantitative estimate of drug-likeness (QED) is 0.656. The molecule has 0 aromatic carbocycles. The Morgan fingerprint density at radius 2 is 1.97 bits per heavy atom. The highest BCUT2D eigenvalue weighted by Gasteiger charge is 2.33. The van der Waals surface area contributed by atoms with Crippen LogP contribution in [0.2, 0.25) is 0 Å². The van der Waals surface area contributed by atoms with Gasteiger partial charge in [-0.2, -0.15) is 5.10 Å². The molecule has 8 heteroatoms. The van der Waals surface area contributed by atoms with Gasteiger partial charge in [0.05, 0.1) is 23.8 Å². The van der Waals surface area contributed by atoms with Crippen LogP contribution in [0.5, 0.6) is 5.88 Å². The van der Waals surface area contributed by atoms with E-state index in [9.17, 15) is 4.79 Å². The van der Waals surface area contributed by atoms with Crippen LogP contribution in [-0.2, 0) is 18.4 Å². The third-order valence-corrected chi connectivity index (χ3v) is 6.61. The molecule has 31 heavy (non-hydrogen) atoms. The monoisotopic (exact) mass is 427 g/mol. The normalized spacial score (nSPS) is 17.9. The van der Waals surface area contributed by atoms with E-state index in [1.807, 2.05) is 14.0 Å². The molecule has 0 radical (unpaired) electrons. The van der Waals surface area contributed by atoms with Gasteiger partial charge in [-0.1, -0.05) is 6.42 Å². The number of aryl methyl sites for hydroxylation is 2. The van der Waals surface area contributed by atoms with Crippen molar-refractivity contribution in [2.75, 3.05) is 7.05 Å². The van der Waals surface area contributed by atoms with Crippen molar-refractivity contribution in [1.82, 2.24) is 24.6 Å². The molecule has 2 aromatic heterocycles. The molecule has 2 aliphatic rings. The lowest BCUT2D eigenvalue weighted by Gasteiger charge is -2.24. The fraction of sp³-hybridized carbons (Fsp3) is 0.652. The first-order valence-electron chi connectivity index (χ1n) is 11.3. The predicted octanol–water partition coefficient (Wildman–Crippen LogP) is 4.26. The molecule has 2 heterocycles. The molecule has 168 valence electrons. The largest absolute Gasteiger partial charge is 0.473 e. The maximum absolute atomic E-state index is 12.5. The minimum atomic E-state index is -0.315. The van der Waals surface area contributed by atoms with Gasteiger partial charge in [-0.05, 0) is 58.3 Å². The molecule has 0 N–H and O–H groups in total. The summed E-state index contributed by atoms with van der Waals surface area (Å²) in [7, 11) is 3.64. The molecule has 2 aliphatic carbocycles. The second-order valence-corrected chi connectivity index (χ2v) is 8.90. The van der Waals surface area contributed by atoms with Crippen LogP contribution in [0.15, 0.2) is 12.4 Å². The summed E-state index contributed by atoms with van der Waals surface area (Å²) >= 11 is 0. The van der Waals surface area contributed by atoms with Crippen molar-refractivity contribution in [3.8, 4) is 17.1 Å². The molecule has 2 saturated carbocycles. The Bertz CT molecular complexity index is 918. The van der Waals surface area contributed by atoms with Gasteiger partial charge in [-0.25, -0.2) is 14.8 Å². The fourth-order valence-electron chi connectivity index (χ4n) is 4.20. The molecule has 0 spiro atoms. The molecular weight excluding hydrogens is 394 g/mol. The summed E-state index contributed by atoms with van der Waals surface area (Å²) in [5.41, 5.74) is 3.06. The molecular formula is C23H33N5O3. The number of hydrogen-bond donors (Lipinski definition) is 0. The Hall–Kier alpha value is -2.64. The lowest BCUT2D eigenvalue weighted by molar-refractivity contribution is 0.0883. The maximum atomic E-state index is 12.5. The summed E-state index contributed by atoms with van der Waals surface area (Å²) in [6.07, 6.45) is 11.6. The Morgan fingerprint density at radius 1 is 1.23 bits per heavy atom. The van der Waals surface area contributed by atoms with Crippen LogP contribution in [0.4, 0.5) is 4.79 Å². The van der Waals surface area contributed by atoms with Crippen LogP contribution in [-0.4, -0.2) is 49.9 Å². The van der Waals surface area contributed by atoms with Crippen molar-refractivity contribution in [1.29, 1.82) is 0 Å². The van der Waals surface area contributed by atoms with Crippen LogP contribution < -0.4 is 4.74 Å². The third-order valence-electron chi connectivity index (χ3n) is 6.61. The van der Waals surface area contributed by atoms with E-state index >= 15 is 0 Å². The summed E-state index contributed by atoms with van der Waals surface area (Å²) in [6.45, 7) is 4.12. The van der Waals surface area contributed by atoms with Crippen molar-refractivity contribution in [3.63, 3.8) is 0 Å². The van der Waals surface area contributed by atoms with Gasteiger partial charge in [0.2, 0.25) is 5.88 Å². The molecule has 2 fully saturated rings. The molecule has 0 bridgehead atoms. The van der Waals surface area contributed by atoms with Crippen LogP contribution in [0, 0.1) is 12.8 Å². The lowest BCUT2D eigenvalue weighted by Crippen LogP contribution is -2.36. The van der Waals surface area contributed by atoms with Crippen molar-refractivity contribution < 1.29 is 14.3 Å². The topological polar surface area (TPSA) is 82.4 Å². The SMILES string of the molecule is Cc1nc(-c2cnn(C)c2COC(=O)N(C)[C@@H](C)C2CC2)cnc1OC1CCCCC1. The standard InChI is InChI=1S/C23H33N5O3/c1-15-22(31-18-8-6-5-7-9-18)24-13-20(26-15)19-12-25-28(4)21(19)14-30-23(29)27(3)16(2)17-10-11-17/h12-13,16-18H,5-11,14H2,1-4H3/t16-/m0/s1. The smallest absolute Gasteiger partial charge is 0.410 e. The van der Waals surface area contributed by atoms with Gasteiger partial charge in [0.25, 0.3) is 0 Å². The maximum Gasteiger partial charge on any atom is 0.410 e. The summed E-state index contributed by atoms with van der Waals surface area (Å²) in [4.78, 5) is 23.4. The minimum absolute atomic E-state index is 0.132. The zero-order chi connectivity index (χ0) is 22.0. The van der Waals surface area contributed by atoms with Gasteiger partial charge in [-0.15, -0.1) is 0 Å². The van der Waals surface area contributed by atoms with Gasteiger partial charge in [0.15, 0.2) is 0 Å². The van der Waals surface area contributed by atoms with Gasteiger partial charge in [0.1, 0.15) is 18.4 Å². The Balaban J connectivity index is 1.44. The number of hydrogen-bond acceptors (Lipinski definition) is 6. The zero-order valence-electron chi connectivity index (χ0n) is 19.0. The summed E-state index contributed by atoms with van der Waals surface area (Å²) in [6, 6.07) is 0.198. The first-order valence-corrected chi connectivity index (χ1v) is 11.3. The van der Waals surface area contributed by atoms with Crippen LogP contribution >= 0.6 is 0 Å². The minimum Gasteiger partial charge on any atom is -0.473 e. The Labute approximate surface area is 184 Å². The molecule has 4 rings (SSSR count). The van der Waals surface area contributed by atoms with Crippen molar-refractivity contribution in [3.05, 3.63) is 23.8 Å². The molecule has 2 aromatic rings. The summed E-state index contributed by atoms with van der Waals surface area (Å²) in [5, 5.41) is 4.35. The van der Waals surface area contributed by atoms with E-state index in [4.69, 9.17) is 14.5 Å². The van der Waals surface area contributed by atoms with E-state index in [1.54, 1.807) is 29.0 Å². The van der Waals surface area contributed by atoms with Crippen molar-refractivity contribution in [2.45, 2.75) is 77.5 Å². The first-order chi connectivity index (χ1) is 14.9. The highest BCUT2D eigenvalue weighted by molar-refractivity contribution is 5.68. The van der Waals surface area contributed by atoms with E-state index < -0.39 is 0 Å². The predicted molar refractivity (Wildman–Crippen MR) is 117 cm³/mol. The lowest BCUT2D eigenvalue weighted by atomic mass is 9.98. The molecule has 1 amide bonds. The highest BCUT2D eigenvalue weighted by Crippen LogP contribution is 2.35. The van der Waals surface area contributed by atoms with E-state index in [-0.39, 0.29) is 24.8 Å². The number of carbonyl (C=O) groups excluding carboxylic acids is 1. The summed E-state index contributed by atoms with van der Waals surface area (Å²) < 4.78 is 13.4. The number of amides is 1. The molecule has 8 nitrogen and oxygen atoms in total. The van der Waals surface area contributed by atoms with E-state index in [0.29, 0.717) is 17.5 Å². The molecule has 1 atom stereocenters. The first kappa shape index (κ1) is 21.6. The zero-order valence-corrected chi connectivity index (χ0v) is 19.0. The number of aromatic nitrogens is 4. The average Bonchev–Trinajstić information content (AvgIpc) is 3.56. The number of rotatable bonds is 7. The second kappa shape index (κ2) is 9.24. The third kappa shape index (κ3) is 4.99. The van der Waals surface area contributed by atoms with E-state index in [0.717, 1.165) is 29.8 Å². The average molecular weight is 428 g/mol. The summed E-state index contributed by atoms with van der Waals surface area (Å²) in [5.74, 6) is 1.20. The van der Waals surface area contributed by atoms with Gasteiger partial charge in [-0.3, -0.25) is 4.68 Å². The van der Waals surface area contributed by atoms with Crippen molar-refractivity contribution in [2.24, 2.45) is 13.0 Å². The van der Waals surface area contributed by atoms with Crippen molar-refractivity contribution >= 4 is 6.09 Å². The number of nitrogens with zero attached hydrogens (tertiary/aromatic N) is 5. The Kier molecular flexibility index (Phi) is 6.43. The van der Waals surface area contributed by atoms with Gasteiger partial charge < -0.3 is 14.4 Å². The number of ether oxygens (including phenoxy) is 2. The fourth-order valence-corrected chi connectivity index (χ4v) is 4.20.